The molecule has 14 heavy (non-hydrogen) atoms. The van der Waals surface area contributed by atoms with E-state index < -0.39 is 0 Å². The van der Waals surface area contributed by atoms with Gasteiger partial charge in [-0.15, -0.1) is 0 Å². The topological polar surface area (TPSA) is 52.3 Å². The molecule has 1 rings (SSSR count). The first-order valence-electron chi connectivity index (χ1n) is 4.27. The van der Waals surface area contributed by atoms with Crippen LogP contribution in [0.1, 0.15) is 12.0 Å². The van der Waals surface area contributed by atoms with E-state index in [2.05, 4.69) is 15.9 Å². The van der Waals surface area contributed by atoms with Crippen LogP contribution < -0.4 is 10.5 Å². The zero-order chi connectivity index (χ0) is 10.6. The number of halogens is 1. The minimum absolute atomic E-state index is 0.245. The van der Waals surface area contributed by atoms with E-state index in [-0.39, 0.29) is 12.3 Å². The fourth-order valence-electron chi connectivity index (χ4n) is 0.976. The monoisotopic (exact) mass is 257 g/mol. The number of carbonyl (C=O) groups is 1. The lowest BCUT2D eigenvalue weighted by Crippen LogP contribution is -2.14. The van der Waals surface area contributed by atoms with Gasteiger partial charge in [0.15, 0.2) is 0 Å². The summed E-state index contributed by atoms with van der Waals surface area (Å²) in [7, 11) is 0. The van der Waals surface area contributed by atoms with Gasteiger partial charge >= 0.3 is 0 Å². The molecule has 4 heteroatoms. The van der Waals surface area contributed by atoms with Crippen molar-refractivity contribution in [3.05, 3.63) is 28.2 Å². The molecule has 0 aliphatic rings. The minimum Gasteiger partial charge on any atom is -0.493 e. The second-order valence-electron chi connectivity index (χ2n) is 2.98. The van der Waals surface area contributed by atoms with Gasteiger partial charge in [0, 0.05) is 4.47 Å². The van der Waals surface area contributed by atoms with E-state index in [0.29, 0.717) is 6.61 Å². The van der Waals surface area contributed by atoms with Gasteiger partial charge in [0.1, 0.15) is 5.75 Å². The maximum Gasteiger partial charge on any atom is 0.220 e. The maximum absolute atomic E-state index is 10.4. The van der Waals surface area contributed by atoms with Crippen LogP contribution in [-0.4, -0.2) is 12.5 Å². The summed E-state index contributed by atoms with van der Waals surface area (Å²) in [4.78, 5) is 10.4. The quantitative estimate of drug-likeness (QED) is 0.898. The van der Waals surface area contributed by atoms with Gasteiger partial charge in [-0.1, -0.05) is 15.9 Å². The van der Waals surface area contributed by atoms with E-state index in [4.69, 9.17) is 10.5 Å². The SMILES string of the molecule is Cc1cc(OCCC(N)=O)ccc1Br. The molecule has 0 heterocycles. The highest BCUT2D eigenvalue weighted by Crippen LogP contribution is 2.21. The molecule has 0 radical (unpaired) electrons. The van der Waals surface area contributed by atoms with Gasteiger partial charge in [-0.25, -0.2) is 0 Å². The molecule has 76 valence electrons. The summed E-state index contributed by atoms with van der Waals surface area (Å²) < 4.78 is 6.37. The van der Waals surface area contributed by atoms with Crippen LogP contribution in [-0.2, 0) is 4.79 Å². The van der Waals surface area contributed by atoms with E-state index >= 15 is 0 Å². The normalized spacial score (nSPS) is 9.86. The summed E-state index contributed by atoms with van der Waals surface area (Å²) in [5, 5.41) is 0. The molecule has 0 bridgehead atoms. The van der Waals surface area contributed by atoms with Crippen LogP contribution in [0.2, 0.25) is 0 Å². The number of primary amides is 1. The molecule has 0 fully saturated rings. The van der Waals surface area contributed by atoms with Crippen LogP contribution >= 0.6 is 15.9 Å². The van der Waals surface area contributed by atoms with E-state index in [9.17, 15) is 4.79 Å². The van der Waals surface area contributed by atoms with Crippen molar-refractivity contribution in [2.45, 2.75) is 13.3 Å². The van der Waals surface area contributed by atoms with Gasteiger partial charge in [0.05, 0.1) is 13.0 Å². The fraction of sp³-hybridized carbons (Fsp3) is 0.300. The van der Waals surface area contributed by atoms with Crippen LogP contribution in [0.25, 0.3) is 0 Å². The van der Waals surface area contributed by atoms with Crippen molar-refractivity contribution in [2.75, 3.05) is 6.61 Å². The van der Waals surface area contributed by atoms with Crippen LogP contribution in [0.5, 0.6) is 5.75 Å². The van der Waals surface area contributed by atoms with Crippen LogP contribution in [0.15, 0.2) is 22.7 Å². The summed E-state index contributed by atoms with van der Waals surface area (Å²) in [5.41, 5.74) is 6.08. The Morgan fingerprint density at radius 1 is 1.57 bits per heavy atom. The zero-order valence-corrected chi connectivity index (χ0v) is 9.50. The smallest absolute Gasteiger partial charge is 0.220 e. The summed E-state index contributed by atoms with van der Waals surface area (Å²) in [6, 6.07) is 5.66. The van der Waals surface area contributed by atoms with Crippen molar-refractivity contribution in [2.24, 2.45) is 5.73 Å². The zero-order valence-electron chi connectivity index (χ0n) is 7.92. The van der Waals surface area contributed by atoms with E-state index in [1.807, 2.05) is 25.1 Å². The first kappa shape index (κ1) is 11.0. The highest BCUT2D eigenvalue weighted by Gasteiger charge is 1.99. The van der Waals surface area contributed by atoms with Crippen molar-refractivity contribution < 1.29 is 9.53 Å². The average molecular weight is 258 g/mol. The Morgan fingerprint density at radius 3 is 2.86 bits per heavy atom. The van der Waals surface area contributed by atoms with Gasteiger partial charge in [-0.2, -0.15) is 0 Å². The van der Waals surface area contributed by atoms with Crippen LogP contribution in [0.3, 0.4) is 0 Å². The number of carbonyl (C=O) groups excluding carboxylic acids is 1. The van der Waals surface area contributed by atoms with E-state index in [0.717, 1.165) is 15.8 Å². The highest BCUT2D eigenvalue weighted by molar-refractivity contribution is 9.10. The summed E-state index contributed by atoms with van der Waals surface area (Å²) in [5.74, 6) is 0.408. The van der Waals surface area contributed by atoms with Gasteiger partial charge in [0.2, 0.25) is 5.91 Å². The average Bonchev–Trinajstić information content (AvgIpc) is 2.10. The van der Waals surface area contributed by atoms with Crippen LogP contribution in [0.4, 0.5) is 0 Å². The highest BCUT2D eigenvalue weighted by atomic mass is 79.9. The Bertz CT molecular complexity index is 339. The molecule has 0 saturated heterocycles. The third-order valence-electron chi connectivity index (χ3n) is 1.75. The summed E-state index contributed by atoms with van der Waals surface area (Å²) in [6.45, 7) is 2.31. The number of nitrogens with two attached hydrogens (primary N) is 1. The number of rotatable bonds is 4. The van der Waals surface area contributed by atoms with Gasteiger partial charge in [-0.3, -0.25) is 4.79 Å². The third-order valence-corrected chi connectivity index (χ3v) is 2.64. The number of aryl methyl sites for hydroxylation is 1. The molecule has 0 saturated carbocycles. The molecule has 3 nitrogen and oxygen atoms in total. The predicted octanol–water partition coefficient (Wildman–Crippen LogP) is 2.01. The van der Waals surface area contributed by atoms with Crippen molar-refractivity contribution >= 4 is 21.8 Å². The minimum atomic E-state index is -0.348. The van der Waals surface area contributed by atoms with Crippen molar-refractivity contribution in [3.8, 4) is 5.75 Å². The number of hydrogen-bond donors (Lipinski definition) is 1. The molecule has 1 amide bonds. The van der Waals surface area contributed by atoms with Crippen LogP contribution in [0, 0.1) is 6.92 Å². The fourth-order valence-corrected chi connectivity index (χ4v) is 1.22. The third kappa shape index (κ3) is 3.38. The molecule has 0 aliphatic carbocycles. The van der Waals surface area contributed by atoms with E-state index in [1.165, 1.54) is 0 Å². The molecule has 0 aliphatic heterocycles. The van der Waals surface area contributed by atoms with Crippen molar-refractivity contribution in [3.63, 3.8) is 0 Å². The second kappa shape index (κ2) is 5.00. The summed E-state index contributed by atoms with van der Waals surface area (Å²) >= 11 is 3.39. The Labute approximate surface area is 91.4 Å². The maximum atomic E-state index is 10.4. The predicted molar refractivity (Wildman–Crippen MR) is 58.2 cm³/mol. The number of benzene rings is 1. The lowest BCUT2D eigenvalue weighted by Gasteiger charge is -2.06. The molecular weight excluding hydrogens is 246 g/mol. The lowest BCUT2D eigenvalue weighted by atomic mass is 10.2. The Morgan fingerprint density at radius 2 is 2.29 bits per heavy atom. The molecule has 1 aromatic carbocycles. The van der Waals surface area contributed by atoms with Gasteiger partial charge in [0.25, 0.3) is 0 Å². The second-order valence-corrected chi connectivity index (χ2v) is 3.83. The molecule has 0 unspecified atom stereocenters. The molecular formula is C10H12BrNO2. The first-order chi connectivity index (χ1) is 6.59. The standard InChI is InChI=1S/C10H12BrNO2/c1-7-6-8(2-3-9(7)11)14-5-4-10(12)13/h2-3,6H,4-5H2,1H3,(H2,12,13). The van der Waals surface area contributed by atoms with Crippen molar-refractivity contribution in [1.29, 1.82) is 0 Å². The Balaban J connectivity index is 2.51. The summed E-state index contributed by atoms with van der Waals surface area (Å²) in [6.07, 6.45) is 0.245. The Hall–Kier alpha value is -1.03. The number of amides is 1. The largest absolute Gasteiger partial charge is 0.493 e. The number of ether oxygens (including phenoxy) is 1. The lowest BCUT2D eigenvalue weighted by molar-refractivity contribution is -0.118. The van der Waals surface area contributed by atoms with Gasteiger partial charge in [-0.05, 0) is 30.7 Å². The number of hydrogen-bond acceptors (Lipinski definition) is 2. The molecule has 2 N–H and O–H groups in total. The molecule has 0 atom stereocenters. The Kier molecular flexibility index (Phi) is 3.95. The van der Waals surface area contributed by atoms with Crippen molar-refractivity contribution in [1.82, 2.24) is 0 Å². The molecule has 1 aromatic rings. The molecule has 0 aromatic heterocycles. The van der Waals surface area contributed by atoms with E-state index in [1.54, 1.807) is 0 Å². The van der Waals surface area contributed by atoms with Gasteiger partial charge < -0.3 is 10.5 Å². The molecule has 0 spiro atoms. The first-order valence-corrected chi connectivity index (χ1v) is 5.06.